The molecular weight excluding hydrogens is 890 g/mol. The van der Waals surface area contributed by atoms with Gasteiger partial charge in [-0.1, -0.05) is 115 Å². The van der Waals surface area contributed by atoms with Gasteiger partial charge in [0.1, 0.15) is 0 Å². The number of alkyl halides is 6. The summed E-state index contributed by atoms with van der Waals surface area (Å²) in [7, 11) is 0. The maximum absolute atomic E-state index is 14.6. The van der Waals surface area contributed by atoms with Gasteiger partial charge in [0, 0.05) is 31.2 Å². The summed E-state index contributed by atoms with van der Waals surface area (Å²) >= 11 is 6.49. The maximum atomic E-state index is 14.6. The number of ketones is 2. The fraction of sp³-hybridized carbons (Fsp3) is 0.409. The molecule has 4 rings (SSSR count). The molecule has 0 heterocycles. The average Bonchev–Trinajstić information content (AvgIpc) is 3.03. The van der Waals surface area contributed by atoms with Crippen LogP contribution in [-0.2, 0) is 21.9 Å². The average molecular weight is 937 g/mol. The van der Waals surface area contributed by atoms with Crippen LogP contribution in [0.4, 0.5) is 37.7 Å². The van der Waals surface area contributed by atoms with Gasteiger partial charge in [-0.25, -0.2) is 0 Å². The van der Waals surface area contributed by atoms with Crippen LogP contribution in [0.15, 0.2) is 124 Å². The van der Waals surface area contributed by atoms with Crippen LogP contribution in [0.1, 0.15) is 94.2 Å². The lowest BCUT2D eigenvalue weighted by Gasteiger charge is -2.31. The number of nitrogens with zero attached hydrogens (tertiary/aromatic N) is 4. The van der Waals surface area contributed by atoms with E-state index in [1.54, 1.807) is 24.3 Å². The molecule has 0 aromatic heterocycles. The standard InChI is InChI=1S/C44H46Br2F6N4O2/c1-39(2,3)29-13-23(14-30(37(29)57)40(4,5)6)21-53-55-35-19-33(45)25(17-27(35)43(47,48)49)26-18-28(44(50,51)52)36(20-34(26)46)56-54-22-24-15-31(41(7,8)9)38(58)32(16-24)42(10,11)12/h13-22H,1-12H3. The summed E-state index contributed by atoms with van der Waals surface area (Å²) in [5, 5.41) is 15.6. The smallest absolute Gasteiger partial charge is 0.289 e. The first-order valence-electron chi connectivity index (χ1n) is 18.2. The van der Waals surface area contributed by atoms with Crippen molar-refractivity contribution in [1.82, 2.24) is 0 Å². The highest BCUT2D eigenvalue weighted by atomic mass is 79.9. The first-order chi connectivity index (χ1) is 26.2. The minimum absolute atomic E-state index is 0.0119. The van der Waals surface area contributed by atoms with Gasteiger partial charge in [-0.05, 0) is 92.5 Å². The Hall–Kier alpha value is -4.04. The predicted octanol–water partition coefficient (Wildman–Crippen LogP) is 15.9. The van der Waals surface area contributed by atoms with Crippen molar-refractivity contribution >= 4 is 54.8 Å². The highest BCUT2D eigenvalue weighted by Crippen LogP contribution is 2.48. The number of hydrogen-bond donors (Lipinski definition) is 0. The Kier molecular flexibility index (Phi) is 13.0. The third-order valence-corrected chi connectivity index (χ3v) is 10.6. The lowest BCUT2D eigenvalue weighted by atomic mass is 9.72. The zero-order valence-electron chi connectivity index (χ0n) is 34.4. The first-order valence-corrected chi connectivity index (χ1v) is 19.8. The Balaban J connectivity index is 1.81. The molecule has 0 radical (unpaired) electrons. The van der Waals surface area contributed by atoms with E-state index in [1.807, 2.05) is 83.1 Å². The third-order valence-electron chi connectivity index (χ3n) is 9.27. The Morgan fingerprint density at radius 3 is 0.948 bits per heavy atom. The number of rotatable bonds is 5. The summed E-state index contributed by atoms with van der Waals surface area (Å²) in [4.78, 5) is 26.5. The van der Waals surface area contributed by atoms with Gasteiger partial charge in [0.15, 0.2) is 11.6 Å². The fourth-order valence-corrected chi connectivity index (χ4v) is 7.24. The zero-order chi connectivity index (χ0) is 44.1. The molecule has 2 aromatic carbocycles. The number of allylic oxidation sites excluding steroid dienone is 10. The van der Waals surface area contributed by atoms with Gasteiger partial charge >= 0.3 is 12.4 Å². The zero-order valence-corrected chi connectivity index (χ0v) is 37.6. The molecule has 0 saturated heterocycles. The normalized spacial score (nSPS) is 16.6. The summed E-state index contributed by atoms with van der Waals surface area (Å²) < 4.78 is 87.3. The third kappa shape index (κ3) is 10.8. The van der Waals surface area contributed by atoms with E-state index in [2.05, 4.69) is 52.3 Å². The monoisotopic (exact) mass is 934 g/mol. The molecule has 14 heteroatoms. The molecule has 0 spiro atoms. The second kappa shape index (κ2) is 16.2. The molecule has 2 aliphatic rings. The van der Waals surface area contributed by atoms with E-state index in [0.29, 0.717) is 45.6 Å². The van der Waals surface area contributed by atoms with Gasteiger partial charge < -0.3 is 0 Å². The van der Waals surface area contributed by atoms with E-state index >= 15 is 0 Å². The molecule has 6 nitrogen and oxygen atoms in total. The maximum Gasteiger partial charge on any atom is 0.418 e. The van der Waals surface area contributed by atoms with Crippen LogP contribution in [0, 0.1) is 21.7 Å². The van der Waals surface area contributed by atoms with E-state index in [1.165, 1.54) is 12.4 Å². The van der Waals surface area contributed by atoms with Gasteiger partial charge in [0.25, 0.3) is 0 Å². The fourth-order valence-electron chi connectivity index (χ4n) is 6.15. The van der Waals surface area contributed by atoms with Crippen LogP contribution >= 0.6 is 31.9 Å². The molecule has 0 atom stereocenters. The van der Waals surface area contributed by atoms with Crippen molar-refractivity contribution in [3.8, 4) is 11.1 Å². The molecule has 0 bridgehead atoms. The number of carbonyl (C=O) groups is 2. The van der Waals surface area contributed by atoms with Gasteiger partial charge in [-0.15, -0.1) is 0 Å². The van der Waals surface area contributed by atoms with Crippen LogP contribution in [-0.4, -0.2) is 11.6 Å². The minimum atomic E-state index is -4.97. The first kappa shape index (κ1) is 46.6. The van der Waals surface area contributed by atoms with E-state index in [-0.39, 0.29) is 31.6 Å². The van der Waals surface area contributed by atoms with Gasteiger partial charge in [0.2, 0.25) is 0 Å². The number of carbonyl (C=O) groups excluding carboxylic acids is 2. The lowest BCUT2D eigenvalue weighted by molar-refractivity contribution is -0.138. The van der Waals surface area contributed by atoms with Crippen molar-refractivity contribution in [2.75, 3.05) is 0 Å². The summed E-state index contributed by atoms with van der Waals surface area (Å²) in [6.07, 6.45) is -0.895. The molecule has 0 unspecified atom stereocenters. The Bertz CT molecular complexity index is 2060. The predicted molar refractivity (Wildman–Crippen MR) is 223 cm³/mol. The highest BCUT2D eigenvalue weighted by Gasteiger charge is 2.39. The lowest BCUT2D eigenvalue weighted by Crippen LogP contribution is -2.27. The van der Waals surface area contributed by atoms with Crippen LogP contribution in [0.5, 0.6) is 0 Å². The molecule has 0 N–H and O–H groups in total. The Labute approximate surface area is 352 Å². The topological polar surface area (TPSA) is 83.6 Å². The van der Waals surface area contributed by atoms with Gasteiger partial charge in [-0.3, -0.25) is 9.59 Å². The van der Waals surface area contributed by atoms with Crippen molar-refractivity contribution in [3.05, 3.63) is 114 Å². The van der Waals surface area contributed by atoms with E-state index in [0.717, 1.165) is 12.1 Å². The molecule has 2 aromatic rings. The molecule has 0 aliphatic heterocycles. The quantitative estimate of drug-likeness (QED) is 0.221. The van der Waals surface area contributed by atoms with Crippen molar-refractivity contribution in [2.45, 2.75) is 95.4 Å². The van der Waals surface area contributed by atoms with E-state index in [9.17, 15) is 35.9 Å². The molecular formula is C44H46Br2F6N4O2. The van der Waals surface area contributed by atoms with E-state index in [4.69, 9.17) is 0 Å². The van der Waals surface area contributed by atoms with Crippen LogP contribution in [0.2, 0.25) is 0 Å². The van der Waals surface area contributed by atoms with Crippen LogP contribution in [0.3, 0.4) is 0 Å². The van der Waals surface area contributed by atoms with Crippen molar-refractivity contribution in [2.24, 2.45) is 42.1 Å². The second-order valence-corrected chi connectivity index (χ2v) is 20.0. The highest BCUT2D eigenvalue weighted by molar-refractivity contribution is 9.11. The number of hydrogen-bond acceptors (Lipinski definition) is 6. The number of halogens is 8. The van der Waals surface area contributed by atoms with Crippen molar-refractivity contribution in [3.63, 3.8) is 0 Å². The molecule has 310 valence electrons. The minimum Gasteiger partial charge on any atom is -0.289 e. The molecule has 0 fully saturated rings. The van der Waals surface area contributed by atoms with Crippen molar-refractivity contribution in [1.29, 1.82) is 0 Å². The number of azo groups is 2. The molecule has 0 amide bonds. The van der Waals surface area contributed by atoms with Crippen molar-refractivity contribution < 1.29 is 35.9 Å². The summed E-state index contributed by atoms with van der Waals surface area (Å²) in [5.74, 6) is -0.252. The van der Waals surface area contributed by atoms with Crippen LogP contribution in [0.25, 0.3) is 11.1 Å². The van der Waals surface area contributed by atoms with E-state index < -0.39 is 56.5 Å². The van der Waals surface area contributed by atoms with Crippen LogP contribution < -0.4 is 0 Å². The summed E-state index contributed by atoms with van der Waals surface area (Å²) in [5.41, 5.74) is -3.20. The summed E-state index contributed by atoms with van der Waals surface area (Å²) in [6, 6.07) is 3.47. The Morgan fingerprint density at radius 2 is 0.724 bits per heavy atom. The van der Waals surface area contributed by atoms with Gasteiger partial charge in [-0.2, -0.15) is 46.8 Å². The Morgan fingerprint density at radius 1 is 0.466 bits per heavy atom. The second-order valence-electron chi connectivity index (χ2n) is 18.3. The van der Waals surface area contributed by atoms with Gasteiger partial charge in [0.05, 0.1) is 34.9 Å². The molecule has 58 heavy (non-hydrogen) atoms. The number of Topliss-reactive ketones (excluding diaryl/α,β-unsaturated/α-hetero) is 2. The summed E-state index contributed by atoms with van der Waals surface area (Å²) in [6.45, 7) is 22.6. The molecule has 2 aliphatic carbocycles. The SMILES string of the molecule is CC(C)(C)C1=CC(=CN=Nc2cc(Br)c(-c3cc(C(F)(F)F)c(N=NC=C4C=C(C(C)(C)C)C(=O)C(C(C)(C)C)=C4)cc3Br)cc2C(F)(F)F)C=C(C(C)(C)C)C1=O. The molecule has 0 saturated carbocycles. The number of benzene rings is 2. The largest absolute Gasteiger partial charge is 0.418 e.